The van der Waals surface area contributed by atoms with E-state index in [4.69, 9.17) is 0 Å². The molecule has 0 spiro atoms. The minimum absolute atomic E-state index is 0.0539. The summed E-state index contributed by atoms with van der Waals surface area (Å²) in [5.74, 6) is -0.640. The van der Waals surface area contributed by atoms with Gasteiger partial charge in [0.15, 0.2) is 11.6 Å². The van der Waals surface area contributed by atoms with Gasteiger partial charge in [0.1, 0.15) is 0 Å². The number of aryl methyl sites for hydroxylation is 2. The van der Waals surface area contributed by atoms with Crippen LogP contribution in [0.5, 0.6) is 0 Å². The van der Waals surface area contributed by atoms with E-state index in [-0.39, 0.29) is 23.5 Å². The predicted molar refractivity (Wildman–Crippen MR) is 118 cm³/mol. The Morgan fingerprint density at radius 1 is 0.862 bits per heavy atom. The smallest absolute Gasteiger partial charge is 0.168 e. The molecule has 3 atom stereocenters. The van der Waals surface area contributed by atoms with E-state index in [1.807, 2.05) is 80.9 Å². The van der Waals surface area contributed by atoms with Crippen LogP contribution >= 0.6 is 11.3 Å². The molecule has 0 amide bonds. The number of hydrogen-bond donors (Lipinski definition) is 0. The maximum Gasteiger partial charge on any atom is 0.168 e. The molecule has 1 aliphatic heterocycles. The lowest BCUT2D eigenvalue weighted by Gasteiger charge is -2.24. The number of carbonyl (C=O) groups is 2. The number of rotatable bonds is 5. The monoisotopic (exact) mass is 403 g/mol. The molecule has 29 heavy (non-hydrogen) atoms. The summed E-state index contributed by atoms with van der Waals surface area (Å²) >= 11 is 1.65. The lowest BCUT2D eigenvalue weighted by molar-refractivity contribution is 0.0786. The average Bonchev–Trinajstić information content (AvgIpc) is 3.35. The third kappa shape index (κ3) is 3.83. The SMILES string of the molecule is Cc1ccc(C(=O)[C@@H]2[C@@H](C(=O)c3ccc(C)cc3)CN(C)[C@@H]2c2cccs2)cc1. The van der Waals surface area contributed by atoms with Crippen molar-refractivity contribution in [1.29, 1.82) is 0 Å². The highest BCUT2D eigenvalue weighted by molar-refractivity contribution is 7.10. The molecule has 1 saturated heterocycles. The van der Waals surface area contributed by atoms with Gasteiger partial charge >= 0.3 is 0 Å². The number of nitrogens with zero attached hydrogens (tertiary/aromatic N) is 1. The van der Waals surface area contributed by atoms with Crippen molar-refractivity contribution in [2.75, 3.05) is 13.6 Å². The molecule has 148 valence electrons. The topological polar surface area (TPSA) is 37.4 Å². The van der Waals surface area contributed by atoms with E-state index < -0.39 is 5.92 Å². The van der Waals surface area contributed by atoms with Gasteiger partial charge in [-0.1, -0.05) is 65.7 Å². The van der Waals surface area contributed by atoms with Crippen molar-refractivity contribution >= 4 is 22.9 Å². The largest absolute Gasteiger partial charge is 0.297 e. The van der Waals surface area contributed by atoms with Gasteiger partial charge in [-0.25, -0.2) is 0 Å². The zero-order valence-electron chi connectivity index (χ0n) is 17.0. The predicted octanol–water partition coefficient (Wildman–Crippen LogP) is 5.35. The molecule has 4 heteroatoms. The maximum atomic E-state index is 13.6. The Labute approximate surface area is 176 Å². The third-order valence-electron chi connectivity index (χ3n) is 5.88. The van der Waals surface area contributed by atoms with Crippen molar-refractivity contribution < 1.29 is 9.59 Å². The first-order valence-corrected chi connectivity index (χ1v) is 10.8. The van der Waals surface area contributed by atoms with Gasteiger partial charge in [-0.15, -0.1) is 11.3 Å². The second-order valence-electron chi connectivity index (χ2n) is 7.99. The number of Topliss-reactive ketones (excluding diaryl/α,β-unsaturated/α-hetero) is 2. The molecule has 0 N–H and O–H groups in total. The molecule has 1 aliphatic rings. The highest BCUT2D eigenvalue weighted by atomic mass is 32.1. The van der Waals surface area contributed by atoms with Crippen molar-refractivity contribution in [3.05, 3.63) is 93.2 Å². The lowest BCUT2D eigenvalue weighted by Crippen LogP contribution is -2.30. The number of likely N-dealkylation sites (tertiary alicyclic amines) is 1. The second kappa shape index (κ2) is 8.05. The Hall–Kier alpha value is -2.56. The zero-order chi connectivity index (χ0) is 20.5. The summed E-state index contributed by atoms with van der Waals surface area (Å²) < 4.78 is 0. The van der Waals surface area contributed by atoms with E-state index in [1.54, 1.807) is 11.3 Å². The molecule has 3 aromatic rings. The van der Waals surface area contributed by atoms with E-state index in [9.17, 15) is 9.59 Å². The number of benzene rings is 2. The van der Waals surface area contributed by atoms with Crippen LogP contribution in [-0.2, 0) is 0 Å². The van der Waals surface area contributed by atoms with Crippen molar-refractivity contribution in [3.8, 4) is 0 Å². The Morgan fingerprint density at radius 3 is 1.93 bits per heavy atom. The molecule has 1 fully saturated rings. The highest BCUT2D eigenvalue weighted by Gasteiger charge is 2.48. The highest BCUT2D eigenvalue weighted by Crippen LogP contribution is 2.44. The third-order valence-corrected chi connectivity index (χ3v) is 6.82. The van der Waals surface area contributed by atoms with E-state index in [0.29, 0.717) is 17.7 Å². The van der Waals surface area contributed by atoms with Crippen molar-refractivity contribution in [2.45, 2.75) is 19.9 Å². The summed E-state index contributed by atoms with van der Waals surface area (Å²) in [6.07, 6.45) is 0. The summed E-state index contributed by atoms with van der Waals surface area (Å²) in [6, 6.07) is 19.4. The molecule has 2 aromatic carbocycles. The molecular formula is C25H25NO2S. The zero-order valence-corrected chi connectivity index (χ0v) is 17.8. The molecule has 0 bridgehead atoms. The summed E-state index contributed by atoms with van der Waals surface area (Å²) in [5, 5.41) is 2.03. The second-order valence-corrected chi connectivity index (χ2v) is 8.97. The van der Waals surface area contributed by atoms with Crippen molar-refractivity contribution in [2.24, 2.45) is 11.8 Å². The quantitative estimate of drug-likeness (QED) is 0.539. The summed E-state index contributed by atoms with van der Waals surface area (Å²) in [5.41, 5.74) is 3.60. The molecule has 0 radical (unpaired) electrons. The minimum atomic E-state index is -0.393. The minimum Gasteiger partial charge on any atom is -0.297 e. The first-order valence-electron chi connectivity index (χ1n) is 9.91. The van der Waals surface area contributed by atoms with Crippen LogP contribution in [0.15, 0.2) is 66.0 Å². The Kier molecular flexibility index (Phi) is 5.48. The van der Waals surface area contributed by atoms with Gasteiger partial charge in [0.2, 0.25) is 0 Å². The maximum absolute atomic E-state index is 13.6. The van der Waals surface area contributed by atoms with Crippen LogP contribution in [0.4, 0.5) is 0 Å². The van der Waals surface area contributed by atoms with Gasteiger partial charge < -0.3 is 0 Å². The number of thiophene rings is 1. The van der Waals surface area contributed by atoms with Crippen LogP contribution in [0.3, 0.4) is 0 Å². The van der Waals surface area contributed by atoms with Crippen LogP contribution in [0.2, 0.25) is 0 Å². The summed E-state index contributed by atoms with van der Waals surface area (Å²) in [6.45, 7) is 4.60. The van der Waals surface area contributed by atoms with E-state index >= 15 is 0 Å². The van der Waals surface area contributed by atoms with Crippen LogP contribution < -0.4 is 0 Å². The summed E-state index contributed by atoms with van der Waals surface area (Å²) in [4.78, 5) is 30.4. The Bertz CT molecular complexity index is 1010. The normalized spacial score (nSPS) is 22.0. The van der Waals surface area contributed by atoms with Crippen LogP contribution in [0.25, 0.3) is 0 Å². The number of hydrogen-bond acceptors (Lipinski definition) is 4. The van der Waals surface area contributed by atoms with E-state index in [2.05, 4.69) is 11.0 Å². The van der Waals surface area contributed by atoms with Crippen LogP contribution in [0.1, 0.15) is 42.8 Å². The van der Waals surface area contributed by atoms with Gasteiger partial charge in [-0.05, 0) is 32.3 Å². The summed E-state index contributed by atoms with van der Waals surface area (Å²) in [7, 11) is 2.02. The van der Waals surface area contributed by atoms with Gasteiger partial charge in [0.25, 0.3) is 0 Å². The number of carbonyl (C=O) groups excluding carboxylic acids is 2. The lowest BCUT2D eigenvalue weighted by atomic mass is 9.79. The van der Waals surface area contributed by atoms with Gasteiger partial charge in [0, 0.05) is 28.5 Å². The molecule has 3 nitrogen and oxygen atoms in total. The van der Waals surface area contributed by atoms with E-state index in [1.165, 1.54) is 0 Å². The molecule has 4 rings (SSSR count). The Morgan fingerprint density at radius 2 is 1.41 bits per heavy atom. The first-order chi connectivity index (χ1) is 14.0. The fourth-order valence-corrected chi connectivity index (χ4v) is 5.24. The molecule has 2 heterocycles. The van der Waals surface area contributed by atoms with Crippen LogP contribution in [0, 0.1) is 25.7 Å². The molecule has 0 aliphatic carbocycles. The van der Waals surface area contributed by atoms with E-state index in [0.717, 1.165) is 16.0 Å². The Balaban J connectivity index is 1.74. The van der Waals surface area contributed by atoms with Crippen molar-refractivity contribution in [3.63, 3.8) is 0 Å². The first kappa shape index (κ1) is 19.7. The molecule has 1 aromatic heterocycles. The fourth-order valence-electron chi connectivity index (χ4n) is 4.30. The fraction of sp³-hybridized carbons (Fsp3) is 0.280. The van der Waals surface area contributed by atoms with Gasteiger partial charge in [-0.2, -0.15) is 0 Å². The van der Waals surface area contributed by atoms with Crippen LogP contribution in [-0.4, -0.2) is 30.1 Å². The van der Waals surface area contributed by atoms with Gasteiger partial charge in [-0.3, -0.25) is 14.5 Å². The average molecular weight is 404 g/mol. The molecular weight excluding hydrogens is 378 g/mol. The molecule has 0 unspecified atom stereocenters. The molecule has 0 saturated carbocycles. The van der Waals surface area contributed by atoms with Gasteiger partial charge in [0.05, 0.1) is 12.0 Å². The van der Waals surface area contributed by atoms with Crippen molar-refractivity contribution in [1.82, 2.24) is 4.90 Å². The standard InChI is InChI=1S/C25H25NO2S/c1-16-6-10-18(11-7-16)24(27)20-15-26(3)23(21-5-4-14-29-21)22(20)25(28)19-12-8-17(2)9-13-19/h4-14,20,22-23H,15H2,1-3H3/t20-,22+,23+/m0/s1. The number of ketones is 2.